The van der Waals surface area contributed by atoms with Gasteiger partial charge in [-0.2, -0.15) is 0 Å². The van der Waals surface area contributed by atoms with Crippen molar-refractivity contribution in [3.63, 3.8) is 0 Å². The lowest BCUT2D eigenvalue weighted by molar-refractivity contribution is 0.896. The average molecular weight is 182 g/mol. The first-order valence-electron chi connectivity index (χ1n) is 4.27. The molecule has 0 radical (unpaired) electrons. The maximum Gasteiger partial charge on any atom is 0.123 e. The molecule has 3 rings (SSSR count). The normalized spacial score (nSPS) is 10.9. The monoisotopic (exact) mass is 182 g/mol. The van der Waals surface area contributed by atoms with E-state index in [0.29, 0.717) is 0 Å². The molecule has 2 heterocycles. The molecule has 4 nitrogen and oxygen atoms in total. The van der Waals surface area contributed by atoms with E-state index in [0.717, 1.165) is 21.8 Å². The average Bonchev–Trinajstić information content (AvgIpc) is 2.29. The Morgan fingerprint density at radius 2 is 1.86 bits per heavy atom. The summed E-state index contributed by atoms with van der Waals surface area (Å²) in [5.41, 5.74) is 1.68. The molecule has 0 atom stereocenters. The van der Waals surface area contributed by atoms with Gasteiger partial charge in [0.15, 0.2) is 0 Å². The summed E-state index contributed by atoms with van der Waals surface area (Å²) >= 11 is 0. The van der Waals surface area contributed by atoms with Gasteiger partial charge in [0, 0.05) is 17.0 Å². The first-order valence-corrected chi connectivity index (χ1v) is 4.27. The van der Waals surface area contributed by atoms with E-state index >= 15 is 0 Å². The third kappa shape index (κ3) is 0.939. The molecule has 0 N–H and O–H groups in total. The maximum atomic E-state index is 4.28. The van der Waals surface area contributed by atoms with E-state index in [9.17, 15) is 0 Å². The molecule has 0 fully saturated rings. The van der Waals surface area contributed by atoms with Crippen LogP contribution in [0.1, 0.15) is 0 Å². The van der Waals surface area contributed by atoms with Crippen molar-refractivity contribution in [3.05, 3.63) is 36.7 Å². The van der Waals surface area contributed by atoms with Gasteiger partial charge in [0.05, 0.1) is 11.7 Å². The molecule has 0 unspecified atom stereocenters. The minimum Gasteiger partial charge on any atom is -0.254 e. The molecule has 3 aromatic rings. The van der Waals surface area contributed by atoms with Crippen molar-refractivity contribution >= 4 is 21.8 Å². The molecule has 0 aliphatic carbocycles. The summed E-state index contributed by atoms with van der Waals surface area (Å²) in [4.78, 5) is 4.28. The third-order valence-electron chi connectivity index (χ3n) is 2.17. The van der Waals surface area contributed by atoms with E-state index in [1.165, 1.54) is 0 Å². The van der Waals surface area contributed by atoms with Gasteiger partial charge in [-0.3, -0.25) is 4.98 Å². The molecule has 2 aromatic heterocycles. The highest BCUT2D eigenvalue weighted by molar-refractivity contribution is 6.01. The van der Waals surface area contributed by atoms with Crippen LogP contribution in [0.3, 0.4) is 0 Å². The Morgan fingerprint density at radius 1 is 0.929 bits per heavy atom. The smallest absolute Gasteiger partial charge is 0.123 e. The van der Waals surface area contributed by atoms with Crippen molar-refractivity contribution in [2.45, 2.75) is 0 Å². The van der Waals surface area contributed by atoms with Crippen LogP contribution in [0.2, 0.25) is 0 Å². The van der Waals surface area contributed by atoms with E-state index in [1.54, 1.807) is 12.4 Å². The lowest BCUT2D eigenvalue weighted by Gasteiger charge is -1.98. The number of nitrogens with zero attached hydrogens (tertiary/aromatic N) is 4. The lowest BCUT2D eigenvalue weighted by atomic mass is 10.1. The molecule has 0 aliphatic rings. The van der Waals surface area contributed by atoms with Gasteiger partial charge >= 0.3 is 0 Å². The van der Waals surface area contributed by atoms with Crippen molar-refractivity contribution < 1.29 is 0 Å². The molecule has 14 heavy (non-hydrogen) atoms. The van der Waals surface area contributed by atoms with Crippen LogP contribution in [0, 0.1) is 0 Å². The fourth-order valence-corrected chi connectivity index (χ4v) is 1.51. The summed E-state index contributed by atoms with van der Waals surface area (Å²) in [7, 11) is 0. The van der Waals surface area contributed by atoms with Crippen LogP contribution in [0.15, 0.2) is 36.7 Å². The van der Waals surface area contributed by atoms with Crippen molar-refractivity contribution in [1.29, 1.82) is 0 Å². The van der Waals surface area contributed by atoms with Gasteiger partial charge in [0.1, 0.15) is 5.52 Å². The number of aromatic nitrogens is 4. The summed E-state index contributed by atoms with van der Waals surface area (Å²) in [6.45, 7) is 0. The Hall–Kier alpha value is -2.10. The van der Waals surface area contributed by atoms with E-state index in [-0.39, 0.29) is 0 Å². The molecule has 66 valence electrons. The van der Waals surface area contributed by atoms with E-state index in [2.05, 4.69) is 20.4 Å². The van der Waals surface area contributed by atoms with Crippen LogP contribution in [-0.4, -0.2) is 20.4 Å². The molecule has 0 spiro atoms. The quantitative estimate of drug-likeness (QED) is 0.495. The number of fused-ring (bicyclic) bond motifs is 3. The van der Waals surface area contributed by atoms with Crippen LogP contribution in [0.25, 0.3) is 21.8 Å². The number of benzene rings is 1. The van der Waals surface area contributed by atoms with Gasteiger partial charge in [-0.15, -0.1) is 10.2 Å². The van der Waals surface area contributed by atoms with Gasteiger partial charge in [-0.25, -0.2) is 0 Å². The number of pyridine rings is 1. The standard InChI is InChI=1S/C10H6N4/c1-2-7-3-4-8-6-12-14-13-10(8)9(7)11-5-1/h1-6H. The van der Waals surface area contributed by atoms with Crippen molar-refractivity contribution in [3.8, 4) is 0 Å². The second kappa shape index (κ2) is 2.70. The Morgan fingerprint density at radius 3 is 2.86 bits per heavy atom. The molecule has 4 heteroatoms. The molecular weight excluding hydrogens is 176 g/mol. The second-order valence-electron chi connectivity index (χ2n) is 3.01. The Bertz CT molecular complexity index is 551. The number of hydrogen-bond donors (Lipinski definition) is 0. The SMILES string of the molecule is c1cnc2c(c1)ccc1cnnnc12. The predicted molar refractivity (Wildman–Crippen MR) is 52.6 cm³/mol. The van der Waals surface area contributed by atoms with Crippen LogP contribution in [0.5, 0.6) is 0 Å². The second-order valence-corrected chi connectivity index (χ2v) is 3.01. The Kier molecular flexibility index (Phi) is 1.41. The van der Waals surface area contributed by atoms with E-state index < -0.39 is 0 Å². The molecule has 0 saturated heterocycles. The Balaban J connectivity index is 2.61. The summed E-state index contributed by atoms with van der Waals surface area (Å²) in [6, 6.07) is 7.89. The maximum absolute atomic E-state index is 4.28. The highest BCUT2D eigenvalue weighted by atomic mass is 15.3. The predicted octanol–water partition coefficient (Wildman–Crippen LogP) is 1.57. The third-order valence-corrected chi connectivity index (χ3v) is 2.17. The summed E-state index contributed by atoms with van der Waals surface area (Å²) in [5, 5.41) is 13.4. The fraction of sp³-hybridized carbons (Fsp3) is 0. The molecule has 0 amide bonds. The van der Waals surface area contributed by atoms with Crippen LogP contribution >= 0.6 is 0 Å². The van der Waals surface area contributed by atoms with Gasteiger partial charge in [-0.1, -0.05) is 18.2 Å². The molecular formula is C10H6N4. The molecule has 0 saturated carbocycles. The van der Waals surface area contributed by atoms with Crippen LogP contribution < -0.4 is 0 Å². The van der Waals surface area contributed by atoms with Crippen LogP contribution in [-0.2, 0) is 0 Å². The van der Waals surface area contributed by atoms with Crippen molar-refractivity contribution in [2.24, 2.45) is 0 Å². The van der Waals surface area contributed by atoms with E-state index in [1.807, 2.05) is 24.3 Å². The number of hydrogen-bond acceptors (Lipinski definition) is 4. The van der Waals surface area contributed by atoms with E-state index in [4.69, 9.17) is 0 Å². The minimum absolute atomic E-state index is 0.804. The van der Waals surface area contributed by atoms with Gasteiger partial charge in [-0.05, 0) is 11.3 Å². The molecule has 1 aromatic carbocycles. The van der Waals surface area contributed by atoms with Gasteiger partial charge in [0.25, 0.3) is 0 Å². The minimum atomic E-state index is 0.804. The first-order chi connectivity index (χ1) is 6.95. The molecule has 0 bridgehead atoms. The fourth-order valence-electron chi connectivity index (χ4n) is 1.51. The molecule has 0 aliphatic heterocycles. The largest absolute Gasteiger partial charge is 0.254 e. The summed E-state index contributed by atoms with van der Waals surface area (Å²) in [6.07, 6.45) is 3.44. The Labute approximate surface area is 79.6 Å². The van der Waals surface area contributed by atoms with Gasteiger partial charge in [0.2, 0.25) is 0 Å². The summed E-state index contributed by atoms with van der Waals surface area (Å²) in [5.74, 6) is 0. The topological polar surface area (TPSA) is 51.6 Å². The summed E-state index contributed by atoms with van der Waals surface area (Å²) < 4.78 is 0. The van der Waals surface area contributed by atoms with Gasteiger partial charge < -0.3 is 0 Å². The highest BCUT2D eigenvalue weighted by Crippen LogP contribution is 2.19. The van der Waals surface area contributed by atoms with Crippen molar-refractivity contribution in [1.82, 2.24) is 20.4 Å². The highest BCUT2D eigenvalue weighted by Gasteiger charge is 2.01. The van der Waals surface area contributed by atoms with Crippen molar-refractivity contribution in [2.75, 3.05) is 0 Å². The first kappa shape index (κ1) is 7.32. The zero-order valence-corrected chi connectivity index (χ0v) is 7.25. The zero-order chi connectivity index (χ0) is 9.38. The lowest BCUT2D eigenvalue weighted by Crippen LogP contribution is -1.89. The zero-order valence-electron chi connectivity index (χ0n) is 7.25. The van der Waals surface area contributed by atoms with Crippen LogP contribution in [0.4, 0.5) is 0 Å². The number of rotatable bonds is 0.